The molecule has 2 nitrogen and oxygen atoms in total. The maximum atomic E-state index is 2.53. The zero-order valence-corrected chi connectivity index (χ0v) is 46.5. The Kier molecular flexibility index (Phi) is 10.7. The van der Waals surface area contributed by atoms with Crippen molar-refractivity contribution < 1.29 is 0 Å². The molecule has 82 heavy (non-hydrogen) atoms. The van der Waals surface area contributed by atoms with E-state index in [0.717, 1.165) is 0 Å². The van der Waals surface area contributed by atoms with Gasteiger partial charge in [-0.15, -0.1) is 0 Å². The van der Waals surface area contributed by atoms with Crippen LogP contribution in [0.5, 0.6) is 0 Å². The number of hydrogen-bond donors (Lipinski definition) is 0. The van der Waals surface area contributed by atoms with E-state index >= 15 is 0 Å². The van der Waals surface area contributed by atoms with Crippen LogP contribution in [0.15, 0.2) is 273 Å². The van der Waals surface area contributed by atoms with Crippen molar-refractivity contribution in [2.24, 2.45) is 0 Å². The molecule has 0 spiro atoms. The minimum absolute atomic E-state index is 0.168. The van der Waals surface area contributed by atoms with Crippen LogP contribution in [0, 0.1) is 0 Å². The van der Waals surface area contributed by atoms with Crippen molar-refractivity contribution >= 4 is 55.3 Å². The van der Waals surface area contributed by atoms with Crippen molar-refractivity contribution in [3.63, 3.8) is 0 Å². The van der Waals surface area contributed by atoms with Crippen LogP contribution in [0.2, 0.25) is 0 Å². The van der Waals surface area contributed by atoms with Crippen LogP contribution in [0.4, 0.5) is 0 Å². The quantitative estimate of drug-likeness (QED) is 0.134. The summed E-state index contributed by atoms with van der Waals surface area (Å²) >= 11 is 0. The maximum Gasteiger partial charge on any atom is 0.0541 e. The zero-order chi connectivity index (χ0) is 54.8. The highest BCUT2D eigenvalue weighted by atomic mass is 15.0. The molecule has 2 heteroatoms. The van der Waals surface area contributed by atoms with Gasteiger partial charge in [0.2, 0.25) is 0 Å². The van der Waals surface area contributed by atoms with Crippen LogP contribution in [-0.4, -0.2) is 9.13 Å². The average molecular weight is 1050 g/mol. The Labute approximate surface area is 479 Å². The summed E-state index contributed by atoms with van der Waals surface area (Å²) in [6.45, 7) is 9.67. The fourth-order valence-corrected chi connectivity index (χ4v) is 14.1. The Bertz CT molecular complexity index is 4910. The standard InChI is InChI=1S/C80H58N2/c1-79(2)71-47-58(36-40-62(71)67-49-74-68(50-73(67)79)63-41-37-59(48-72(63)80(74,3)4)57-39-43-78-70(46-57)65-25-15-17-27-76(65)82(78)61-22-12-7-13-23-61)52-30-28-51(29-31-52)44-66(54-18-8-5-9-19-54)55-34-32-53(33-35-55)56-38-42-77-69(45-56)64-24-14-16-26-75(64)81(77)60-20-10-6-11-21-60/h5-50H,1-4H3. The second-order valence-electron chi connectivity index (χ2n) is 23.7. The molecular formula is C80H58N2. The van der Waals surface area contributed by atoms with Crippen molar-refractivity contribution in [1.82, 2.24) is 9.13 Å². The minimum atomic E-state index is -0.171. The summed E-state index contributed by atoms with van der Waals surface area (Å²) in [5.41, 5.74) is 30.0. The molecular weight excluding hydrogens is 989 g/mol. The third kappa shape index (κ3) is 7.41. The lowest BCUT2D eigenvalue weighted by Crippen LogP contribution is -2.17. The van der Waals surface area contributed by atoms with E-state index in [1.54, 1.807) is 0 Å². The highest BCUT2D eigenvalue weighted by molar-refractivity contribution is 6.12. The van der Waals surface area contributed by atoms with Gasteiger partial charge in [-0.05, 0) is 191 Å². The molecule has 0 N–H and O–H groups in total. The van der Waals surface area contributed by atoms with Crippen molar-refractivity contribution in [3.05, 3.63) is 312 Å². The number of nitrogens with zero attached hydrogens (tertiary/aromatic N) is 2. The van der Waals surface area contributed by atoms with E-state index in [0.29, 0.717) is 0 Å². The molecule has 2 aliphatic carbocycles. The molecule has 2 heterocycles. The predicted molar refractivity (Wildman–Crippen MR) is 346 cm³/mol. The van der Waals surface area contributed by atoms with Crippen LogP contribution < -0.4 is 0 Å². The van der Waals surface area contributed by atoms with Crippen molar-refractivity contribution in [2.75, 3.05) is 0 Å². The third-order valence-corrected chi connectivity index (χ3v) is 18.3. The van der Waals surface area contributed by atoms with Gasteiger partial charge in [0, 0.05) is 43.7 Å². The number of aromatic nitrogens is 2. The highest BCUT2D eigenvalue weighted by Crippen LogP contribution is 2.57. The molecule has 0 bridgehead atoms. The lowest BCUT2D eigenvalue weighted by Gasteiger charge is -2.24. The van der Waals surface area contributed by atoms with Gasteiger partial charge in [0.25, 0.3) is 0 Å². The molecule has 0 unspecified atom stereocenters. The molecule has 0 saturated heterocycles. The summed E-state index contributed by atoms with van der Waals surface area (Å²) < 4.78 is 4.77. The molecule has 16 rings (SSSR count). The van der Waals surface area contributed by atoms with Crippen LogP contribution in [0.25, 0.3) is 122 Å². The molecule has 2 aromatic heterocycles. The average Bonchev–Trinajstić information content (AvgIpc) is 2.54. The lowest BCUT2D eigenvalue weighted by molar-refractivity contribution is 0.652. The lowest BCUT2D eigenvalue weighted by atomic mass is 9.79. The summed E-state index contributed by atoms with van der Waals surface area (Å²) in [7, 11) is 0. The number of hydrogen-bond acceptors (Lipinski definition) is 0. The van der Waals surface area contributed by atoms with Gasteiger partial charge in [0.15, 0.2) is 0 Å². The number of para-hydroxylation sites is 4. The van der Waals surface area contributed by atoms with Crippen molar-refractivity contribution in [1.29, 1.82) is 0 Å². The van der Waals surface area contributed by atoms with E-state index in [1.807, 2.05) is 0 Å². The van der Waals surface area contributed by atoms with E-state index < -0.39 is 0 Å². The van der Waals surface area contributed by atoms with Crippen LogP contribution in [-0.2, 0) is 10.8 Å². The first kappa shape index (κ1) is 47.9. The molecule has 388 valence electrons. The monoisotopic (exact) mass is 1050 g/mol. The van der Waals surface area contributed by atoms with E-state index in [4.69, 9.17) is 0 Å². The summed E-state index contributed by atoms with van der Waals surface area (Å²) in [4.78, 5) is 0. The SMILES string of the molecule is CC1(C)c2cc(-c3ccc(C=C(c4ccccc4)c4ccc(-c5ccc6c(c5)c5ccccc5n6-c5ccccc5)cc4)cc3)ccc2-c2cc3c(cc21)-c1ccc(-c2ccc4c(c2)c2ccccc2n4-c2ccccc2)cc1C3(C)C. The Morgan fingerprint density at radius 2 is 0.634 bits per heavy atom. The van der Waals surface area contributed by atoms with E-state index in [-0.39, 0.29) is 10.8 Å². The highest BCUT2D eigenvalue weighted by Gasteiger charge is 2.42. The van der Waals surface area contributed by atoms with Gasteiger partial charge < -0.3 is 9.13 Å². The molecule has 14 aromatic rings. The summed E-state index contributed by atoms with van der Waals surface area (Å²) in [6.07, 6.45) is 2.34. The third-order valence-electron chi connectivity index (χ3n) is 18.3. The molecule has 0 fully saturated rings. The summed E-state index contributed by atoms with van der Waals surface area (Å²) in [6, 6.07) is 101. The van der Waals surface area contributed by atoms with E-state index in [1.165, 1.54) is 155 Å². The first-order chi connectivity index (χ1) is 40.2. The van der Waals surface area contributed by atoms with Gasteiger partial charge in [0.1, 0.15) is 0 Å². The summed E-state index contributed by atoms with van der Waals surface area (Å²) in [5.74, 6) is 0. The fraction of sp³-hybridized carbons (Fsp3) is 0.0750. The molecule has 12 aromatic carbocycles. The van der Waals surface area contributed by atoms with Gasteiger partial charge in [-0.1, -0.05) is 216 Å². The van der Waals surface area contributed by atoms with E-state index in [9.17, 15) is 0 Å². The zero-order valence-electron chi connectivity index (χ0n) is 46.5. The predicted octanol–water partition coefficient (Wildman–Crippen LogP) is 21.1. The number of benzene rings is 12. The molecule has 0 radical (unpaired) electrons. The molecule has 0 aliphatic heterocycles. The smallest absolute Gasteiger partial charge is 0.0541 e. The Balaban J connectivity index is 0.685. The Morgan fingerprint density at radius 3 is 1.13 bits per heavy atom. The second-order valence-corrected chi connectivity index (χ2v) is 23.7. The first-order valence-corrected chi connectivity index (χ1v) is 28.8. The maximum absolute atomic E-state index is 2.53. The number of fused-ring (bicyclic) bond motifs is 12. The fourth-order valence-electron chi connectivity index (χ4n) is 14.1. The van der Waals surface area contributed by atoms with Crippen LogP contribution in [0.3, 0.4) is 0 Å². The normalized spacial score (nSPS) is 13.9. The van der Waals surface area contributed by atoms with E-state index in [2.05, 4.69) is 316 Å². The molecule has 0 saturated carbocycles. The Hall–Kier alpha value is -10.0. The molecule has 0 atom stereocenters. The van der Waals surface area contributed by atoms with Crippen molar-refractivity contribution in [2.45, 2.75) is 38.5 Å². The second kappa shape index (κ2) is 18.3. The van der Waals surface area contributed by atoms with Gasteiger partial charge in [-0.2, -0.15) is 0 Å². The first-order valence-electron chi connectivity index (χ1n) is 28.8. The van der Waals surface area contributed by atoms with Crippen LogP contribution >= 0.6 is 0 Å². The van der Waals surface area contributed by atoms with Gasteiger partial charge in [-0.25, -0.2) is 0 Å². The van der Waals surface area contributed by atoms with Crippen LogP contribution in [0.1, 0.15) is 66.6 Å². The number of rotatable bonds is 8. The molecule has 2 aliphatic rings. The molecule has 0 amide bonds. The topological polar surface area (TPSA) is 9.86 Å². The van der Waals surface area contributed by atoms with Crippen molar-refractivity contribution in [3.8, 4) is 67.0 Å². The largest absolute Gasteiger partial charge is 0.309 e. The Morgan fingerprint density at radius 1 is 0.280 bits per heavy atom. The van der Waals surface area contributed by atoms with Gasteiger partial charge in [-0.3, -0.25) is 0 Å². The van der Waals surface area contributed by atoms with Gasteiger partial charge >= 0.3 is 0 Å². The summed E-state index contributed by atoms with van der Waals surface area (Å²) in [5, 5.41) is 5.06. The van der Waals surface area contributed by atoms with Gasteiger partial charge in [0.05, 0.1) is 22.1 Å². The minimum Gasteiger partial charge on any atom is -0.309 e.